The van der Waals surface area contributed by atoms with Gasteiger partial charge < -0.3 is 26.0 Å². The summed E-state index contributed by atoms with van der Waals surface area (Å²) in [6.07, 6.45) is 6.18. The summed E-state index contributed by atoms with van der Waals surface area (Å²) < 4.78 is 1.01. The molecule has 2 aliphatic carbocycles. The van der Waals surface area contributed by atoms with Gasteiger partial charge in [-0.3, -0.25) is 4.98 Å². The second-order valence-corrected chi connectivity index (χ2v) is 11.8. The molecule has 0 saturated heterocycles. The van der Waals surface area contributed by atoms with E-state index in [1.807, 2.05) is 13.0 Å². The zero-order valence-electron chi connectivity index (χ0n) is 21.9. The minimum Gasteiger partial charge on any atom is -0.396 e. The SMILES string of the molecule is Cc1nc(NC2CCC(c3ccccc3)CC2)nc(N[C@@H]2C[C@H](CO)[C@@H](O)[C@H]2O)c1-c1nc2cnccc2s1. The minimum atomic E-state index is -1.02. The normalized spacial score (nSPS) is 27.1. The van der Waals surface area contributed by atoms with Crippen molar-refractivity contribution in [3.63, 3.8) is 0 Å². The molecule has 0 amide bonds. The van der Waals surface area contributed by atoms with Crippen LogP contribution in [-0.4, -0.2) is 66.2 Å². The average Bonchev–Trinajstić information content (AvgIpc) is 3.50. The molecule has 5 N–H and O–H groups in total. The van der Waals surface area contributed by atoms with E-state index in [0.717, 1.165) is 52.2 Å². The molecule has 9 nitrogen and oxygen atoms in total. The Kier molecular flexibility index (Phi) is 7.44. The molecular weight excluding hydrogens is 512 g/mol. The molecule has 0 radical (unpaired) electrons. The summed E-state index contributed by atoms with van der Waals surface area (Å²) in [5, 5.41) is 38.5. The number of aryl methyl sites for hydroxylation is 1. The van der Waals surface area contributed by atoms with E-state index in [1.54, 1.807) is 12.4 Å². The molecule has 0 aliphatic heterocycles. The summed E-state index contributed by atoms with van der Waals surface area (Å²) in [4.78, 5) is 18.7. The van der Waals surface area contributed by atoms with Crippen molar-refractivity contribution in [2.75, 3.05) is 17.2 Å². The van der Waals surface area contributed by atoms with Crippen molar-refractivity contribution < 1.29 is 15.3 Å². The smallest absolute Gasteiger partial charge is 0.225 e. The van der Waals surface area contributed by atoms with E-state index in [9.17, 15) is 15.3 Å². The number of benzene rings is 1. The van der Waals surface area contributed by atoms with Gasteiger partial charge in [-0.25, -0.2) is 9.97 Å². The Labute approximate surface area is 231 Å². The Morgan fingerprint density at radius 2 is 1.74 bits per heavy atom. The molecule has 0 bridgehead atoms. The Bertz CT molecular complexity index is 1390. The molecule has 39 heavy (non-hydrogen) atoms. The van der Waals surface area contributed by atoms with Gasteiger partial charge in [0.15, 0.2) is 0 Å². The molecule has 2 saturated carbocycles. The first kappa shape index (κ1) is 26.1. The quantitative estimate of drug-likeness (QED) is 0.232. The lowest BCUT2D eigenvalue weighted by Crippen LogP contribution is -2.36. The second-order valence-electron chi connectivity index (χ2n) is 10.7. The van der Waals surface area contributed by atoms with Crippen LogP contribution in [-0.2, 0) is 0 Å². The van der Waals surface area contributed by atoms with Crippen molar-refractivity contribution in [2.24, 2.45) is 5.92 Å². The number of aliphatic hydroxyl groups excluding tert-OH is 3. The number of fused-ring (bicyclic) bond motifs is 1. The van der Waals surface area contributed by atoms with Crippen LogP contribution in [0, 0.1) is 12.8 Å². The number of nitrogens with zero attached hydrogens (tertiary/aromatic N) is 4. The van der Waals surface area contributed by atoms with Crippen molar-refractivity contribution >= 4 is 33.3 Å². The molecule has 0 unspecified atom stereocenters. The largest absolute Gasteiger partial charge is 0.396 e. The van der Waals surface area contributed by atoms with Crippen LogP contribution >= 0.6 is 11.3 Å². The molecule has 6 rings (SSSR count). The van der Waals surface area contributed by atoms with Crippen molar-refractivity contribution in [3.05, 3.63) is 60.0 Å². The molecule has 204 valence electrons. The maximum Gasteiger partial charge on any atom is 0.225 e. The number of anilines is 2. The van der Waals surface area contributed by atoms with Crippen molar-refractivity contribution in [2.45, 2.75) is 69.2 Å². The van der Waals surface area contributed by atoms with Gasteiger partial charge in [0.2, 0.25) is 5.95 Å². The molecule has 4 aromatic rings. The highest BCUT2D eigenvalue weighted by atomic mass is 32.1. The highest BCUT2D eigenvalue weighted by molar-refractivity contribution is 7.21. The fourth-order valence-corrected chi connectivity index (χ4v) is 7.02. The summed E-state index contributed by atoms with van der Waals surface area (Å²) in [6.45, 7) is 1.76. The molecule has 2 fully saturated rings. The lowest BCUT2D eigenvalue weighted by molar-refractivity contribution is 0.00446. The number of hydrogen-bond donors (Lipinski definition) is 5. The van der Waals surface area contributed by atoms with Crippen molar-refractivity contribution in [1.82, 2.24) is 19.9 Å². The molecule has 3 aromatic heterocycles. The molecule has 1 aromatic carbocycles. The van der Waals surface area contributed by atoms with Gasteiger partial charge in [-0.15, -0.1) is 11.3 Å². The lowest BCUT2D eigenvalue weighted by Gasteiger charge is -2.30. The fraction of sp³-hybridized carbons (Fsp3) is 0.448. The maximum absolute atomic E-state index is 10.7. The van der Waals surface area contributed by atoms with E-state index in [0.29, 0.717) is 24.1 Å². The topological polar surface area (TPSA) is 136 Å². The summed E-state index contributed by atoms with van der Waals surface area (Å²) in [5.41, 5.74) is 3.75. The maximum atomic E-state index is 10.7. The van der Waals surface area contributed by atoms with Crippen LogP contribution in [0.1, 0.15) is 49.3 Å². The van der Waals surface area contributed by atoms with Gasteiger partial charge in [0.05, 0.1) is 34.3 Å². The highest BCUT2D eigenvalue weighted by Gasteiger charge is 2.41. The van der Waals surface area contributed by atoms with Crippen LogP contribution in [0.25, 0.3) is 20.8 Å². The van der Waals surface area contributed by atoms with Gasteiger partial charge in [0, 0.05) is 24.8 Å². The van der Waals surface area contributed by atoms with Gasteiger partial charge in [0.1, 0.15) is 22.4 Å². The summed E-state index contributed by atoms with van der Waals surface area (Å²) >= 11 is 1.54. The first-order valence-electron chi connectivity index (χ1n) is 13.6. The molecule has 2 aliphatic rings. The number of aromatic nitrogens is 4. The Morgan fingerprint density at radius 1 is 0.949 bits per heavy atom. The molecular formula is C29H34N6O3S. The van der Waals surface area contributed by atoms with Crippen LogP contribution < -0.4 is 10.6 Å². The Hall–Kier alpha value is -3.18. The van der Waals surface area contributed by atoms with Gasteiger partial charge in [-0.2, -0.15) is 4.98 Å². The third-order valence-electron chi connectivity index (χ3n) is 8.18. The number of rotatable bonds is 7. The zero-order chi connectivity index (χ0) is 26.9. The molecule has 3 heterocycles. The fourth-order valence-electron chi connectivity index (χ4n) is 5.99. The number of nitrogens with one attached hydrogen (secondary N) is 2. The van der Waals surface area contributed by atoms with E-state index in [-0.39, 0.29) is 12.6 Å². The number of hydrogen-bond acceptors (Lipinski definition) is 10. The third kappa shape index (κ3) is 5.34. The van der Waals surface area contributed by atoms with Gasteiger partial charge in [-0.1, -0.05) is 30.3 Å². The number of thiazole rings is 1. The summed E-state index contributed by atoms with van der Waals surface area (Å²) in [6, 6.07) is 12.5. The van der Waals surface area contributed by atoms with E-state index >= 15 is 0 Å². The number of aliphatic hydroxyl groups is 3. The Balaban J connectivity index is 1.27. The van der Waals surface area contributed by atoms with Crippen LogP contribution in [0.4, 0.5) is 11.8 Å². The van der Waals surface area contributed by atoms with E-state index in [1.165, 1.54) is 16.9 Å². The van der Waals surface area contributed by atoms with E-state index in [4.69, 9.17) is 15.0 Å². The minimum absolute atomic E-state index is 0.185. The number of pyridine rings is 1. The predicted octanol–water partition coefficient (Wildman–Crippen LogP) is 4.11. The van der Waals surface area contributed by atoms with Crippen molar-refractivity contribution in [3.8, 4) is 10.6 Å². The van der Waals surface area contributed by atoms with Gasteiger partial charge in [0.25, 0.3) is 0 Å². The molecule has 10 heteroatoms. The average molecular weight is 547 g/mol. The second kappa shape index (κ2) is 11.1. The van der Waals surface area contributed by atoms with Crippen LogP contribution in [0.15, 0.2) is 48.8 Å². The standard InChI is InChI=1S/C29H34N6O3S/c1-16-24(28-34-22-14-30-12-11-23(22)39-28)27(33-21-13-19(15-36)25(37)26(21)38)35-29(31-16)32-20-9-7-18(8-10-20)17-5-3-2-4-6-17/h2-6,11-12,14,18-21,25-26,36-38H,7-10,13,15H2,1H3,(H2,31,32,33,35)/t18?,19-,20?,21-,25-,26+/m1/s1. The van der Waals surface area contributed by atoms with Crippen LogP contribution in [0.3, 0.4) is 0 Å². The predicted molar refractivity (Wildman–Crippen MR) is 153 cm³/mol. The van der Waals surface area contributed by atoms with Crippen molar-refractivity contribution in [1.29, 1.82) is 0 Å². The highest BCUT2D eigenvalue weighted by Crippen LogP contribution is 2.39. The van der Waals surface area contributed by atoms with Crippen LogP contribution in [0.5, 0.6) is 0 Å². The zero-order valence-corrected chi connectivity index (χ0v) is 22.7. The molecule has 4 atom stereocenters. The third-order valence-corrected chi connectivity index (χ3v) is 9.24. The van der Waals surface area contributed by atoms with Gasteiger partial charge >= 0.3 is 0 Å². The summed E-state index contributed by atoms with van der Waals surface area (Å²) in [7, 11) is 0. The Morgan fingerprint density at radius 3 is 2.46 bits per heavy atom. The first-order chi connectivity index (χ1) is 19.0. The van der Waals surface area contributed by atoms with Gasteiger partial charge in [-0.05, 0) is 56.6 Å². The lowest BCUT2D eigenvalue weighted by atomic mass is 9.82. The van der Waals surface area contributed by atoms with Crippen LogP contribution in [0.2, 0.25) is 0 Å². The monoisotopic (exact) mass is 546 g/mol. The first-order valence-corrected chi connectivity index (χ1v) is 14.5. The molecule has 0 spiro atoms. The summed E-state index contributed by atoms with van der Waals surface area (Å²) in [5.74, 6) is 1.28. The van der Waals surface area contributed by atoms with E-state index in [2.05, 4.69) is 45.9 Å². The van der Waals surface area contributed by atoms with E-state index < -0.39 is 24.2 Å².